The molecule has 1 aromatic carbocycles. The van der Waals surface area contributed by atoms with Gasteiger partial charge in [0.2, 0.25) is 0 Å². The molecule has 94 valence electrons. The number of nitrogens with one attached hydrogen (secondary N) is 1. The Bertz CT molecular complexity index is 608. The maximum atomic E-state index is 9.09. The van der Waals surface area contributed by atoms with Gasteiger partial charge in [0.15, 0.2) is 0 Å². The molecule has 2 rings (SSSR count). The van der Waals surface area contributed by atoms with Crippen LogP contribution in [0.4, 0.5) is 0 Å². The first-order valence-corrected chi connectivity index (χ1v) is 5.82. The van der Waals surface area contributed by atoms with E-state index in [1.807, 2.05) is 19.9 Å². The van der Waals surface area contributed by atoms with Crippen molar-refractivity contribution < 1.29 is 9.47 Å². The second-order valence-corrected chi connectivity index (χ2v) is 4.23. The highest BCUT2D eigenvalue weighted by atomic mass is 16.5. The summed E-state index contributed by atoms with van der Waals surface area (Å²) in [5.41, 5.74) is 3.68. The van der Waals surface area contributed by atoms with E-state index in [0.717, 1.165) is 27.8 Å². The summed E-state index contributed by atoms with van der Waals surface area (Å²) in [5.74, 6) is 0.843. The molecule has 0 fully saturated rings. The monoisotopic (exact) mass is 244 g/mol. The van der Waals surface area contributed by atoms with E-state index in [0.29, 0.717) is 18.8 Å². The van der Waals surface area contributed by atoms with Crippen LogP contribution in [0, 0.1) is 25.2 Å². The predicted octanol–water partition coefficient (Wildman–Crippen LogP) is 2.68. The highest BCUT2D eigenvalue weighted by molar-refractivity contribution is 5.91. The van der Waals surface area contributed by atoms with Crippen LogP contribution in [0.15, 0.2) is 12.3 Å². The van der Waals surface area contributed by atoms with E-state index in [2.05, 4.69) is 11.1 Å². The highest BCUT2D eigenvalue weighted by Crippen LogP contribution is 2.32. The van der Waals surface area contributed by atoms with Crippen LogP contribution in [0.2, 0.25) is 0 Å². The molecule has 4 nitrogen and oxygen atoms in total. The maximum Gasteiger partial charge on any atom is 0.126 e. The van der Waals surface area contributed by atoms with Gasteiger partial charge in [-0.1, -0.05) is 0 Å². The molecular weight excluding hydrogens is 228 g/mol. The van der Waals surface area contributed by atoms with Crippen molar-refractivity contribution in [2.24, 2.45) is 0 Å². The largest absolute Gasteiger partial charge is 0.491 e. The number of nitriles is 1. The second-order valence-electron chi connectivity index (χ2n) is 4.23. The Hall–Kier alpha value is -1.99. The number of aryl methyl sites for hydroxylation is 2. The molecule has 0 saturated heterocycles. The SMILES string of the molecule is COCCOc1c(C)cc2[nH]cc(C#N)c2c1C. The van der Waals surface area contributed by atoms with Crippen LogP contribution in [-0.2, 0) is 4.74 Å². The van der Waals surface area contributed by atoms with E-state index in [-0.39, 0.29) is 0 Å². The van der Waals surface area contributed by atoms with Crippen molar-refractivity contribution in [3.63, 3.8) is 0 Å². The van der Waals surface area contributed by atoms with Crippen LogP contribution in [0.25, 0.3) is 10.9 Å². The first kappa shape index (κ1) is 12.5. The van der Waals surface area contributed by atoms with Crippen LogP contribution in [0.5, 0.6) is 5.75 Å². The fourth-order valence-electron chi connectivity index (χ4n) is 2.19. The van der Waals surface area contributed by atoms with Crippen LogP contribution in [-0.4, -0.2) is 25.3 Å². The Kier molecular flexibility index (Phi) is 3.54. The summed E-state index contributed by atoms with van der Waals surface area (Å²) in [6, 6.07) is 4.20. The normalized spacial score (nSPS) is 10.6. The molecule has 4 heteroatoms. The number of hydrogen-bond donors (Lipinski definition) is 1. The number of aromatic nitrogens is 1. The van der Waals surface area contributed by atoms with Gasteiger partial charge in [0.25, 0.3) is 0 Å². The Morgan fingerprint density at radius 3 is 2.78 bits per heavy atom. The third-order valence-electron chi connectivity index (χ3n) is 3.00. The van der Waals surface area contributed by atoms with Crippen molar-refractivity contribution in [2.45, 2.75) is 13.8 Å². The van der Waals surface area contributed by atoms with E-state index in [1.54, 1.807) is 13.3 Å². The van der Waals surface area contributed by atoms with E-state index in [9.17, 15) is 0 Å². The summed E-state index contributed by atoms with van der Waals surface area (Å²) < 4.78 is 10.7. The molecule has 0 radical (unpaired) electrons. The van der Waals surface area contributed by atoms with E-state index >= 15 is 0 Å². The van der Waals surface area contributed by atoms with Crippen molar-refractivity contribution in [2.75, 3.05) is 20.3 Å². The summed E-state index contributed by atoms with van der Waals surface area (Å²) in [6.45, 7) is 5.04. The summed E-state index contributed by atoms with van der Waals surface area (Å²) >= 11 is 0. The average molecular weight is 244 g/mol. The Labute approximate surface area is 106 Å². The second kappa shape index (κ2) is 5.11. The quantitative estimate of drug-likeness (QED) is 0.841. The molecule has 0 aliphatic rings. The van der Waals surface area contributed by atoms with Gasteiger partial charge in [-0.15, -0.1) is 0 Å². The van der Waals surface area contributed by atoms with Gasteiger partial charge in [0.05, 0.1) is 12.2 Å². The van der Waals surface area contributed by atoms with Gasteiger partial charge in [-0.25, -0.2) is 0 Å². The standard InChI is InChI=1S/C14H16N2O2/c1-9-6-12-13(11(7-15)8-16-12)10(2)14(9)18-5-4-17-3/h6,8,16H,4-5H2,1-3H3. The van der Waals surface area contributed by atoms with E-state index < -0.39 is 0 Å². The van der Waals surface area contributed by atoms with Gasteiger partial charge >= 0.3 is 0 Å². The number of H-pyrrole nitrogens is 1. The summed E-state index contributed by atoms with van der Waals surface area (Å²) in [7, 11) is 1.65. The maximum absolute atomic E-state index is 9.09. The summed E-state index contributed by atoms with van der Waals surface area (Å²) in [5, 5.41) is 10.0. The first-order valence-electron chi connectivity index (χ1n) is 5.82. The van der Waals surface area contributed by atoms with Gasteiger partial charge in [0, 0.05) is 29.8 Å². The van der Waals surface area contributed by atoms with Crippen LogP contribution < -0.4 is 4.74 Å². The lowest BCUT2D eigenvalue weighted by atomic mass is 10.0. The van der Waals surface area contributed by atoms with Gasteiger partial charge in [-0.3, -0.25) is 0 Å². The fraction of sp³-hybridized carbons (Fsp3) is 0.357. The number of benzene rings is 1. The molecule has 0 bridgehead atoms. The van der Waals surface area contributed by atoms with Gasteiger partial charge in [-0.2, -0.15) is 5.26 Å². The smallest absolute Gasteiger partial charge is 0.126 e. The first-order chi connectivity index (χ1) is 8.69. The minimum atomic E-state index is 0.510. The number of ether oxygens (including phenoxy) is 2. The lowest BCUT2D eigenvalue weighted by Crippen LogP contribution is -2.06. The molecule has 0 aliphatic carbocycles. The summed E-state index contributed by atoms with van der Waals surface area (Å²) in [6.07, 6.45) is 1.73. The molecule has 0 unspecified atom stereocenters. The van der Waals surface area contributed by atoms with Crippen molar-refractivity contribution in [3.05, 3.63) is 29.0 Å². The number of rotatable bonds is 4. The van der Waals surface area contributed by atoms with Crippen LogP contribution in [0.1, 0.15) is 16.7 Å². The molecule has 18 heavy (non-hydrogen) atoms. The molecule has 2 aromatic rings. The number of methoxy groups -OCH3 is 1. The molecule has 0 amide bonds. The Morgan fingerprint density at radius 1 is 1.33 bits per heavy atom. The third kappa shape index (κ3) is 2.05. The van der Waals surface area contributed by atoms with Gasteiger partial charge < -0.3 is 14.5 Å². The lowest BCUT2D eigenvalue weighted by Gasteiger charge is -2.13. The molecule has 0 saturated carbocycles. The molecular formula is C14H16N2O2. The number of fused-ring (bicyclic) bond motifs is 1. The van der Waals surface area contributed by atoms with Crippen molar-refractivity contribution >= 4 is 10.9 Å². The Balaban J connectivity index is 2.49. The molecule has 1 N–H and O–H groups in total. The molecule has 0 spiro atoms. The summed E-state index contributed by atoms with van der Waals surface area (Å²) in [4.78, 5) is 3.11. The minimum Gasteiger partial charge on any atom is -0.491 e. The lowest BCUT2D eigenvalue weighted by molar-refractivity contribution is 0.145. The zero-order valence-corrected chi connectivity index (χ0v) is 10.8. The van der Waals surface area contributed by atoms with Crippen molar-refractivity contribution in [1.82, 2.24) is 4.98 Å². The van der Waals surface area contributed by atoms with Crippen LogP contribution in [0.3, 0.4) is 0 Å². The molecule has 1 aromatic heterocycles. The molecule has 0 atom stereocenters. The molecule has 1 heterocycles. The zero-order valence-electron chi connectivity index (χ0n) is 10.8. The van der Waals surface area contributed by atoms with Crippen molar-refractivity contribution in [3.8, 4) is 11.8 Å². The number of aromatic amines is 1. The number of nitrogens with zero attached hydrogens (tertiary/aromatic N) is 1. The predicted molar refractivity (Wildman–Crippen MR) is 69.9 cm³/mol. The minimum absolute atomic E-state index is 0.510. The zero-order chi connectivity index (χ0) is 13.1. The highest BCUT2D eigenvalue weighted by Gasteiger charge is 2.13. The van der Waals surface area contributed by atoms with Crippen molar-refractivity contribution in [1.29, 1.82) is 5.26 Å². The Morgan fingerprint density at radius 2 is 2.11 bits per heavy atom. The fourth-order valence-corrected chi connectivity index (χ4v) is 2.19. The van der Waals surface area contributed by atoms with E-state index in [4.69, 9.17) is 14.7 Å². The average Bonchev–Trinajstić information content (AvgIpc) is 2.76. The van der Waals surface area contributed by atoms with E-state index in [1.165, 1.54) is 0 Å². The van der Waals surface area contributed by atoms with Gasteiger partial charge in [-0.05, 0) is 25.5 Å². The van der Waals surface area contributed by atoms with Gasteiger partial charge in [0.1, 0.15) is 18.4 Å². The topological polar surface area (TPSA) is 58.0 Å². The van der Waals surface area contributed by atoms with Crippen LogP contribution >= 0.6 is 0 Å². The molecule has 0 aliphatic heterocycles. The number of hydrogen-bond acceptors (Lipinski definition) is 3. The third-order valence-corrected chi connectivity index (χ3v) is 3.00.